The van der Waals surface area contributed by atoms with Crippen LogP contribution in [0, 0.1) is 4.77 Å². The van der Waals surface area contributed by atoms with E-state index in [1.807, 2.05) is 41.8 Å². The predicted molar refractivity (Wildman–Crippen MR) is 84.0 cm³/mol. The van der Waals surface area contributed by atoms with Gasteiger partial charge in [-0.3, -0.25) is 4.57 Å². The molecular formula is C15H15N3O2S. The number of nitrogens with one attached hydrogen (secondary N) is 1. The van der Waals surface area contributed by atoms with Crippen molar-refractivity contribution in [1.29, 1.82) is 0 Å². The Bertz CT molecular complexity index is 838. The van der Waals surface area contributed by atoms with Gasteiger partial charge in [-0.2, -0.15) is 4.98 Å². The molecule has 0 bridgehead atoms. The first-order chi connectivity index (χ1) is 10.2. The van der Waals surface area contributed by atoms with Gasteiger partial charge < -0.3 is 14.5 Å². The van der Waals surface area contributed by atoms with E-state index in [-0.39, 0.29) is 0 Å². The summed E-state index contributed by atoms with van der Waals surface area (Å²) in [6.07, 6.45) is 0. The summed E-state index contributed by atoms with van der Waals surface area (Å²) >= 11 is 5.43. The van der Waals surface area contributed by atoms with E-state index in [2.05, 4.69) is 9.97 Å². The van der Waals surface area contributed by atoms with Crippen molar-refractivity contribution < 1.29 is 9.47 Å². The molecule has 0 unspecified atom stereocenters. The number of hydrogen-bond acceptors (Lipinski definition) is 4. The minimum Gasteiger partial charge on any atom is -0.492 e. The van der Waals surface area contributed by atoms with Gasteiger partial charge in [-0.25, -0.2) is 0 Å². The highest BCUT2D eigenvalue weighted by Gasteiger charge is 2.12. The number of ether oxygens (including phenoxy) is 2. The molecule has 0 spiro atoms. The van der Waals surface area contributed by atoms with Crippen molar-refractivity contribution in [3.8, 4) is 17.3 Å². The number of para-hydroxylation sites is 2. The molecule has 0 atom stereocenters. The van der Waals surface area contributed by atoms with E-state index in [0.29, 0.717) is 22.9 Å². The van der Waals surface area contributed by atoms with E-state index in [1.54, 1.807) is 13.2 Å². The molecule has 108 valence electrons. The fourth-order valence-electron chi connectivity index (χ4n) is 2.22. The summed E-state index contributed by atoms with van der Waals surface area (Å²) in [5.41, 5.74) is 2.43. The number of methoxy groups -OCH3 is 1. The molecule has 0 saturated carbocycles. The Labute approximate surface area is 127 Å². The van der Waals surface area contributed by atoms with Gasteiger partial charge >= 0.3 is 0 Å². The number of imidazole rings is 1. The summed E-state index contributed by atoms with van der Waals surface area (Å²) in [6, 6.07) is 11.4. The third-order valence-corrected chi connectivity index (χ3v) is 3.41. The Hall–Kier alpha value is -2.34. The number of aromatic amines is 1. The van der Waals surface area contributed by atoms with Gasteiger partial charge in [0.05, 0.1) is 24.9 Å². The van der Waals surface area contributed by atoms with Gasteiger partial charge in [0.25, 0.3) is 0 Å². The van der Waals surface area contributed by atoms with Crippen molar-refractivity contribution >= 4 is 23.4 Å². The Morgan fingerprint density at radius 3 is 2.81 bits per heavy atom. The van der Waals surface area contributed by atoms with E-state index in [4.69, 9.17) is 21.7 Å². The zero-order chi connectivity index (χ0) is 14.8. The number of fused-ring (bicyclic) bond motifs is 1. The molecule has 0 aliphatic rings. The van der Waals surface area contributed by atoms with Crippen molar-refractivity contribution in [1.82, 2.24) is 14.5 Å². The number of nitrogens with zero attached hydrogens (tertiary/aromatic N) is 2. The van der Waals surface area contributed by atoms with Gasteiger partial charge in [-0.1, -0.05) is 12.1 Å². The van der Waals surface area contributed by atoms with Crippen LogP contribution in [0.4, 0.5) is 0 Å². The van der Waals surface area contributed by atoms with Crippen molar-refractivity contribution in [3.05, 3.63) is 41.2 Å². The maximum atomic E-state index is 5.68. The maximum absolute atomic E-state index is 5.68. The van der Waals surface area contributed by atoms with Crippen LogP contribution in [-0.4, -0.2) is 28.3 Å². The van der Waals surface area contributed by atoms with Gasteiger partial charge in [-0.05, 0) is 37.3 Å². The Kier molecular flexibility index (Phi) is 3.62. The largest absolute Gasteiger partial charge is 0.492 e. The van der Waals surface area contributed by atoms with Crippen molar-refractivity contribution in [2.24, 2.45) is 0 Å². The van der Waals surface area contributed by atoms with Crippen LogP contribution in [0.1, 0.15) is 6.92 Å². The summed E-state index contributed by atoms with van der Waals surface area (Å²) < 4.78 is 13.3. The Balaban J connectivity index is 2.29. The molecule has 0 radical (unpaired) electrons. The molecule has 0 aliphatic carbocycles. The summed E-state index contributed by atoms with van der Waals surface area (Å²) in [4.78, 5) is 7.63. The highest BCUT2D eigenvalue weighted by atomic mass is 32.1. The van der Waals surface area contributed by atoms with Gasteiger partial charge in [0.15, 0.2) is 10.4 Å². The zero-order valence-corrected chi connectivity index (χ0v) is 12.6. The number of hydrogen-bond donors (Lipinski definition) is 1. The SMILES string of the molecule is CCOc1ccccc1-n1c(=S)[nH]c2ccc(OC)nc21. The topological polar surface area (TPSA) is 52.1 Å². The average Bonchev–Trinajstić information content (AvgIpc) is 2.83. The molecule has 6 heteroatoms. The minimum atomic E-state index is 0.541. The number of rotatable bonds is 4. The number of aromatic nitrogens is 3. The second kappa shape index (κ2) is 5.57. The predicted octanol–water partition coefficient (Wildman–Crippen LogP) is 3.49. The van der Waals surface area contributed by atoms with E-state index >= 15 is 0 Å². The second-order valence-corrected chi connectivity index (χ2v) is 4.78. The van der Waals surface area contributed by atoms with Crippen LogP contribution in [0.3, 0.4) is 0 Å². The van der Waals surface area contributed by atoms with E-state index in [9.17, 15) is 0 Å². The molecular weight excluding hydrogens is 286 g/mol. The molecule has 0 aliphatic heterocycles. The molecule has 3 rings (SSSR count). The average molecular weight is 301 g/mol. The monoisotopic (exact) mass is 301 g/mol. The first-order valence-electron chi connectivity index (χ1n) is 6.62. The summed E-state index contributed by atoms with van der Waals surface area (Å²) in [7, 11) is 1.59. The number of benzene rings is 1. The Morgan fingerprint density at radius 2 is 2.05 bits per heavy atom. The molecule has 0 amide bonds. The lowest BCUT2D eigenvalue weighted by Gasteiger charge is -2.11. The lowest BCUT2D eigenvalue weighted by molar-refractivity contribution is 0.339. The zero-order valence-electron chi connectivity index (χ0n) is 11.8. The summed E-state index contributed by atoms with van der Waals surface area (Å²) in [6.45, 7) is 2.54. The van der Waals surface area contributed by atoms with Crippen LogP contribution in [0.2, 0.25) is 0 Å². The van der Waals surface area contributed by atoms with Gasteiger partial charge in [-0.15, -0.1) is 0 Å². The lowest BCUT2D eigenvalue weighted by atomic mass is 10.3. The molecule has 1 aromatic carbocycles. The van der Waals surface area contributed by atoms with Gasteiger partial charge in [0, 0.05) is 6.07 Å². The first kappa shape index (κ1) is 13.6. The smallest absolute Gasteiger partial charge is 0.215 e. The first-order valence-corrected chi connectivity index (χ1v) is 7.03. The molecule has 21 heavy (non-hydrogen) atoms. The standard InChI is InChI=1S/C15H15N3O2S/c1-3-20-12-7-5-4-6-11(12)18-14-10(16-15(18)21)8-9-13(17-14)19-2/h4-9H,3H2,1-2H3,(H,16,21). The van der Waals surface area contributed by atoms with Gasteiger partial charge in [0.2, 0.25) is 5.88 Å². The van der Waals surface area contributed by atoms with Crippen LogP contribution in [0.25, 0.3) is 16.9 Å². The second-order valence-electron chi connectivity index (χ2n) is 4.39. The molecule has 2 heterocycles. The highest BCUT2D eigenvalue weighted by molar-refractivity contribution is 7.71. The quantitative estimate of drug-likeness (QED) is 0.749. The fourth-order valence-corrected chi connectivity index (χ4v) is 2.52. The summed E-state index contributed by atoms with van der Waals surface area (Å²) in [5, 5.41) is 0. The van der Waals surface area contributed by atoms with Crippen LogP contribution in [0.15, 0.2) is 36.4 Å². The number of pyridine rings is 1. The molecule has 0 saturated heterocycles. The fraction of sp³-hybridized carbons (Fsp3) is 0.200. The van der Waals surface area contributed by atoms with Crippen molar-refractivity contribution in [2.75, 3.05) is 13.7 Å². The highest BCUT2D eigenvalue weighted by Crippen LogP contribution is 2.27. The third kappa shape index (κ3) is 2.38. The normalized spacial score (nSPS) is 10.8. The van der Waals surface area contributed by atoms with Crippen molar-refractivity contribution in [2.45, 2.75) is 6.92 Å². The number of H-pyrrole nitrogens is 1. The van der Waals surface area contributed by atoms with Crippen LogP contribution >= 0.6 is 12.2 Å². The van der Waals surface area contributed by atoms with E-state index < -0.39 is 0 Å². The summed E-state index contributed by atoms with van der Waals surface area (Å²) in [5.74, 6) is 1.31. The molecule has 3 aromatic rings. The minimum absolute atomic E-state index is 0.541. The Morgan fingerprint density at radius 1 is 1.24 bits per heavy atom. The van der Waals surface area contributed by atoms with Crippen LogP contribution in [0.5, 0.6) is 11.6 Å². The van der Waals surface area contributed by atoms with Gasteiger partial charge in [0.1, 0.15) is 5.75 Å². The van der Waals surface area contributed by atoms with Crippen molar-refractivity contribution in [3.63, 3.8) is 0 Å². The van der Waals surface area contributed by atoms with Crippen LogP contribution in [-0.2, 0) is 0 Å². The molecule has 1 N–H and O–H groups in total. The lowest BCUT2D eigenvalue weighted by Crippen LogP contribution is -2.01. The van der Waals surface area contributed by atoms with E-state index in [0.717, 1.165) is 17.0 Å². The maximum Gasteiger partial charge on any atom is 0.215 e. The van der Waals surface area contributed by atoms with Crippen LogP contribution < -0.4 is 9.47 Å². The molecule has 5 nitrogen and oxygen atoms in total. The third-order valence-electron chi connectivity index (χ3n) is 3.12. The molecule has 0 fully saturated rings. The van der Waals surface area contributed by atoms with E-state index in [1.165, 1.54) is 0 Å². The molecule has 2 aromatic heterocycles.